The monoisotopic (exact) mass is 226 g/mol. The van der Waals surface area contributed by atoms with Gasteiger partial charge in [-0.2, -0.15) is 0 Å². The molecule has 0 radical (unpaired) electrons. The second-order valence-corrected chi connectivity index (χ2v) is 5.82. The molecule has 2 aliphatic rings. The third kappa shape index (κ3) is 2.41. The Morgan fingerprint density at radius 1 is 1.44 bits per heavy atom. The number of hydrogen-bond acceptors (Lipinski definition) is 3. The lowest BCUT2D eigenvalue weighted by atomic mass is 9.75. The summed E-state index contributed by atoms with van der Waals surface area (Å²) >= 11 is 0. The van der Waals surface area contributed by atoms with Crippen LogP contribution in [-0.4, -0.2) is 42.8 Å². The molecule has 1 heterocycles. The van der Waals surface area contributed by atoms with Gasteiger partial charge in [0.05, 0.1) is 13.2 Å². The fourth-order valence-corrected chi connectivity index (χ4v) is 3.17. The van der Waals surface area contributed by atoms with Crippen LogP contribution < -0.4 is 5.73 Å². The highest BCUT2D eigenvalue weighted by atomic mass is 16.5. The maximum atomic E-state index is 6.04. The van der Waals surface area contributed by atoms with Crippen LogP contribution in [0.3, 0.4) is 0 Å². The Labute approximate surface area is 99.3 Å². The first-order valence-electron chi connectivity index (χ1n) is 6.70. The van der Waals surface area contributed by atoms with Gasteiger partial charge in [0.2, 0.25) is 0 Å². The number of rotatable bonds is 4. The lowest BCUT2D eigenvalue weighted by molar-refractivity contribution is -0.0610. The highest BCUT2D eigenvalue weighted by Crippen LogP contribution is 2.36. The van der Waals surface area contributed by atoms with E-state index < -0.39 is 0 Å². The van der Waals surface area contributed by atoms with E-state index in [1.54, 1.807) is 0 Å². The van der Waals surface area contributed by atoms with Gasteiger partial charge in [-0.3, -0.25) is 4.90 Å². The third-order valence-corrected chi connectivity index (χ3v) is 4.45. The molecule has 1 saturated carbocycles. The smallest absolute Gasteiger partial charge is 0.0620 e. The van der Waals surface area contributed by atoms with E-state index in [2.05, 4.69) is 18.7 Å². The zero-order valence-electron chi connectivity index (χ0n) is 10.7. The molecular formula is C13H26N2O. The van der Waals surface area contributed by atoms with Gasteiger partial charge in [-0.15, -0.1) is 0 Å². The highest BCUT2D eigenvalue weighted by molar-refractivity contribution is 4.94. The van der Waals surface area contributed by atoms with Crippen molar-refractivity contribution in [3.05, 3.63) is 0 Å². The lowest BCUT2D eigenvalue weighted by Crippen LogP contribution is -2.60. The summed E-state index contributed by atoms with van der Waals surface area (Å²) in [5.74, 6) is 0.920. The average Bonchev–Trinajstić information content (AvgIpc) is 2.24. The van der Waals surface area contributed by atoms with Crippen molar-refractivity contribution in [1.29, 1.82) is 0 Å². The molecule has 0 bridgehead atoms. The molecule has 1 aliphatic heterocycles. The molecule has 94 valence electrons. The topological polar surface area (TPSA) is 38.5 Å². The van der Waals surface area contributed by atoms with Gasteiger partial charge in [0, 0.05) is 24.7 Å². The Morgan fingerprint density at radius 3 is 2.69 bits per heavy atom. The minimum absolute atomic E-state index is 0.189. The molecule has 0 amide bonds. The molecule has 3 nitrogen and oxygen atoms in total. The van der Waals surface area contributed by atoms with E-state index >= 15 is 0 Å². The number of nitrogens with zero attached hydrogens (tertiary/aromatic N) is 1. The van der Waals surface area contributed by atoms with Crippen LogP contribution in [0.25, 0.3) is 0 Å². The molecule has 0 aromatic heterocycles. The van der Waals surface area contributed by atoms with Crippen molar-refractivity contribution in [2.45, 2.75) is 51.1 Å². The molecule has 0 aromatic rings. The highest BCUT2D eigenvalue weighted by Gasteiger charge is 2.38. The maximum Gasteiger partial charge on any atom is 0.0620 e. The number of hydrogen-bond donors (Lipinski definition) is 1. The molecule has 16 heavy (non-hydrogen) atoms. The first kappa shape index (κ1) is 12.3. The van der Waals surface area contributed by atoms with Crippen LogP contribution >= 0.6 is 0 Å². The molecule has 0 aromatic carbocycles. The van der Waals surface area contributed by atoms with Crippen molar-refractivity contribution >= 4 is 0 Å². The molecule has 2 N–H and O–H groups in total. The van der Waals surface area contributed by atoms with Crippen LogP contribution in [0.15, 0.2) is 0 Å². The predicted molar refractivity (Wildman–Crippen MR) is 66.4 cm³/mol. The summed E-state index contributed by atoms with van der Waals surface area (Å²) in [5, 5.41) is 0. The van der Waals surface area contributed by atoms with Crippen LogP contribution in [0, 0.1) is 5.92 Å². The van der Waals surface area contributed by atoms with E-state index in [9.17, 15) is 0 Å². The number of morpholine rings is 1. The van der Waals surface area contributed by atoms with Gasteiger partial charge in [-0.05, 0) is 26.2 Å². The van der Waals surface area contributed by atoms with Crippen molar-refractivity contribution < 1.29 is 4.74 Å². The SMILES string of the molecule is CC1COCCN1C(C)(CN)CC1CCC1. The normalized spacial score (nSPS) is 32.1. The van der Waals surface area contributed by atoms with Gasteiger partial charge in [0.1, 0.15) is 0 Å². The van der Waals surface area contributed by atoms with Gasteiger partial charge < -0.3 is 10.5 Å². The van der Waals surface area contributed by atoms with Crippen molar-refractivity contribution in [2.24, 2.45) is 11.7 Å². The molecule has 0 spiro atoms. The van der Waals surface area contributed by atoms with Crippen molar-refractivity contribution in [3.8, 4) is 0 Å². The van der Waals surface area contributed by atoms with E-state index in [1.807, 2.05) is 0 Å². The Hall–Kier alpha value is -0.120. The van der Waals surface area contributed by atoms with Crippen molar-refractivity contribution in [3.63, 3.8) is 0 Å². The Morgan fingerprint density at radius 2 is 2.19 bits per heavy atom. The number of nitrogens with two attached hydrogens (primary N) is 1. The first-order chi connectivity index (χ1) is 7.65. The summed E-state index contributed by atoms with van der Waals surface area (Å²) in [7, 11) is 0. The summed E-state index contributed by atoms with van der Waals surface area (Å²) in [6.07, 6.45) is 5.51. The summed E-state index contributed by atoms with van der Waals surface area (Å²) in [5.41, 5.74) is 6.23. The van der Waals surface area contributed by atoms with Crippen LogP contribution in [-0.2, 0) is 4.74 Å². The van der Waals surface area contributed by atoms with Crippen molar-refractivity contribution in [2.75, 3.05) is 26.3 Å². The van der Waals surface area contributed by atoms with E-state index in [1.165, 1.54) is 25.7 Å². The van der Waals surface area contributed by atoms with Gasteiger partial charge >= 0.3 is 0 Å². The van der Waals surface area contributed by atoms with Crippen LogP contribution in [0.2, 0.25) is 0 Å². The van der Waals surface area contributed by atoms with E-state index in [0.29, 0.717) is 6.04 Å². The maximum absolute atomic E-state index is 6.04. The Bertz CT molecular complexity index is 230. The average molecular weight is 226 g/mol. The van der Waals surface area contributed by atoms with E-state index in [4.69, 9.17) is 10.5 Å². The first-order valence-corrected chi connectivity index (χ1v) is 6.70. The number of ether oxygens (including phenoxy) is 1. The summed E-state index contributed by atoms with van der Waals surface area (Å²) in [6, 6.07) is 0.516. The van der Waals surface area contributed by atoms with Gasteiger partial charge in [-0.25, -0.2) is 0 Å². The summed E-state index contributed by atoms with van der Waals surface area (Å²) in [6.45, 7) is 8.14. The van der Waals surface area contributed by atoms with Crippen LogP contribution in [0.1, 0.15) is 39.5 Å². The second kappa shape index (κ2) is 5.03. The molecule has 2 unspecified atom stereocenters. The minimum atomic E-state index is 0.189. The largest absolute Gasteiger partial charge is 0.379 e. The quantitative estimate of drug-likeness (QED) is 0.791. The Kier molecular flexibility index (Phi) is 3.88. The fourth-order valence-electron chi connectivity index (χ4n) is 3.17. The van der Waals surface area contributed by atoms with Crippen LogP contribution in [0.5, 0.6) is 0 Å². The summed E-state index contributed by atoms with van der Waals surface area (Å²) < 4.78 is 5.51. The molecule has 1 saturated heterocycles. The second-order valence-electron chi connectivity index (χ2n) is 5.82. The molecule has 1 aliphatic carbocycles. The van der Waals surface area contributed by atoms with Gasteiger partial charge in [-0.1, -0.05) is 19.3 Å². The van der Waals surface area contributed by atoms with E-state index in [-0.39, 0.29) is 5.54 Å². The molecule has 2 rings (SSSR count). The zero-order chi connectivity index (χ0) is 11.6. The molecular weight excluding hydrogens is 200 g/mol. The van der Waals surface area contributed by atoms with E-state index in [0.717, 1.165) is 32.2 Å². The molecule has 3 heteroatoms. The Balaban J connectivity index is 1.99. The predicted octanol–water partition coefficient (Wildman–Crippen LogP) is 1.61. The van der Waals surface area contributed by atoms with Crippen molar-refractivity contribution in [1.82, 2.24) is 4.90 Å². The van der Waals surface area contributed by atoms with Gasteiger partial charge in [0.25, 0.3) is 0 Å². The lowest BCUT2D eigenvalue weighted by Gasteiger charge is -2.49. The van der Waals surface area contributed by atoms with Crippen LogP contribution in [0.4, 0.5) is 0 Å². The van der Waals surface area contributed by atoms with Gasteiger partial charge in [0.15, 0.2) is 0 Å². The third-order valence-electron chi connectivity index (χ3n) is 4.45. The molecule has 2 fully saturated rings. The molecule has 2 atom stereocenters. The minimum Gasteiger partial charge on any atom is -0.379 e. The fraction of sp³-hybridized carbons (Fsp3) is 1.00. The standard InChI is InChI=1S/C13H26N2O/c1-11-9-16-7-6-15(11)13(2,10-14)8-12-4-3-5-12/h11-12H,3-10,14H2,1-2H3. The zero-order valence-corrected chi connectivity index (χ0v) is 10.7. The summed E-state index contributed by atoms with van der Waals surface area (Å²) in [4.78, 5) is 2.58.